The third kappa shape index (κ3) is 3.08. The van der Waals surface area contributed by atoms with Gasteiger partial charge in [-0.25, -0.2) is 9.37 Å². The van der Waals surface area contributed by atoms with Crippen LogP contribution < -0.4 is 10.1 Å². The summed E-state index contributed by atoms with van der Waals surface area (Å²) < 4.78 is 19.7. The van der Waals surface area contributed by atoms with E-state index in [1.54, 1.807) is 25.2 Å². The Bertz CT molecular complexity index is 608. The zero-order valence-electron chi connectivity index (χ0n) is 11.6. The van der Waals surface area contributed by atoms with Crippen molar-refractivity contribution >= 4 is 11.6 Å². The molecule has 20 heavy (non-hydrogen) atoms. The monoisotopic (exact) mass is 294 g/mol. The molecule has 0 radical (unpaired) electrons. The molecule has 0 aliphatic carbocycles. The maximum Gasteiger partial charge on any atom is 0.256 e. The normalized spacial score (nSPS) is 10.7. The molecule has 0 bridgehead atoms. The van der Waals surface area contributed by atoms with E-state index in [1.807, 2.05) is 13.8 Å². The highest BCUT2D eigenvalue weighted by atomic mass is 35.5. The van der Waals surface area contributed by atoms with Crippen molar-refractivity contribution in [3.8, 4) is 11.6 Å². The smallest absolute Gasteiger partial charge is 0.256 e. The lowest BCUT2D eigenvalue weighted by Crippen LogP contribution is -2.08. The van der Waals surface area contributed by atoms with Gasteiger partial charge in [-0.15, -0.1) is 0 Å². The molecule has 0 atom stereocenters. The lowest BCUT2D eigenvalue weighted by atomic mass is 10.1. The van der Waals surface area contributed by atoms with E-state index in [9.17, 15) is 4.39 Å². The topological polar surface area (TPSA) is 34.2 Å². The van der Waals surface area contributed by atoms with Gasteiger partial charge < -0.3 is 10.1 Å². The van der Waals surface area contributed by atoms with Crippen LogP contribution in [0.15, 0.2) is 24.4 Å². The molecule has 3 nitrogen and oxygen atoms in total. The Morgan fingerprint density at radius 3 is 2.55 bits per heavy atom. The molecular weight excluding hydrogens is 279 g/mol. The third-order valence-corrected chi connectivity index (χ3v) is 3.53. The number of nitrogens with zero attached hydrogens (tertiary/aromatic N) is 1. The Hall–Kier alpha value is -1.65. The van der Waals surface area contributed by atoms with Crippen LogP contribution in [0, 0.1) is 19.7 Å². The summed E-state index contributed by atoms with van der Waals surface area (Å²) in [4.78, 5) is 3.94. The van der Waals surface area contributed by atoms with Crippen LogP contribution >= 0.6 is 11.6 Å². The fraction of sp³-hybridized carbons (Fsp3) is 0.267. The van der Waals surface area contributed by atoms with Crippen LogP contribution in [0.1, 0.15) is 16.7 Å². The second-order valence-electron chi connectivity index (χ2n) is 4.59. The number of benzene rings is 1. The standard InChI is InChI=1S/C15H16ClFN2O/c1-9-6-12(7-10(2)13(9)16)20-15-14(17)11(8-18-3)4-5-19-15/h4-7,18H,8H2,1-3H3. The second-order valence-corrected chi connectivity index (χ2v) is 4.97. The number of nitrogens with one attached hydrogen (secondary N) is 1. The largest absolute Gasteiger partial charge is 0.436 e. The zero-order chi connectivity index (χ0) is 14.7. The molecule has 1 N–H and O–H groups in total. The minimum absolute atomic E-state index is 0.0288. The van der Waals surface area contributed by atoms with Crippen LogP contribution in [0.2, 0.25) is 5.02 Å². The highest BCUT2D eigenvalue weighted by Crippen LogP contribution is 2.30. The Labute approximate surface area is 122 Å². The van der Waals surface area contributed by atoms with Crippen molar-refractivity contribution < 1.29 is 9.13 Å². The first kappa shape index (κ1) is 14.8. The van der Waals surface area contributed by atoms with E-state index in [1.165, 1.54) is 6.20 Å². The van der Waals surface area contributed by atoms with Gasteiger partial charge in [0.1, 0.15) is 5.75 Å². The number of hydrogen-bond donors (Lipinski definition) is 1. The molecule has 0 aliphatic rings. The number of aromatic nitrogens is 1. The summed E-state index contributed by atoms with van der Waals surface area (Å²) in [6, 6.07) is 5.15. The Kier molecular flexibility index (Phi) is 4.57. The molecule has 1 aromatic heterocycles. The number of pyridine rings is 1. The summed E-state index contributed by atoms with van der Waals surface area (Å²) in [5.74, 6) is 0.0448. The fourth-order valence-corrected chi connectivity index (χ4v) is 2.05. The van der Waals surface area contributed by atoms with Crippen molar-refractivity contribution in [2.75, 3.05) is 7.05 Å². The van der Waals surface area contributed by atoms with Gasteiger partial charge in [-0.05, 0) is 50.2 Å². The first-order valence-corrected chi connectivity index (χ1v) is 6.63. The second kappa shape index (κ2) is 6.20. The van der Waals surface area contributed by atoms with Crippen LogP contribution in [0.25, 0.3) is 0 Å². The molecule has 0 fully saturated rings. The minimum Gasteiger partial charge on any atom is -0.436 e. The van der Waals surface area contributed by atoms with Gasteiger partial charge in [-0.3, -0.25) is 0 Å². The summed E-state index contributed by atoms with van der Waals surface area (Å²) in [7, 11) is 1.76. The van der Waals surface area contributed by atoms with Crippen molar-refractivity contribution in [3.05, 3.63) is 51.9 Å². The van der Waals surface area contributed by atoms with Crippen molar-refractivity contribution in [3.63, 3.8) is 0 Å². The summed E-state index contributed by atoms with van der Waals surface area (Å²) in [6.07, 6.45) is 1.53. The molecule has 0 aliphatic heterocycles. The minimum atomic E-state index is -0.452. The maximum atomic E-state index is 14.2. The van der Waals surface area contributed by atoms with E-state index in [-0.39, 0.29) is 5.88 Å². The third-order valence-electron chi connectivity index (χ3n) is 2.93. The lowest BCUT2D eigenvalue weighted by molar-refractivity contribution is 0.417. The molecule has 2 aromatic rings. The van der Waals surface area contributed by atoms with Gasteiger partial charge in [-0.1, -0.05) is 11.6 Å². The Morgan fingerprint density at radius 1 is 1.30 bits per heavy atom. The van der Waals surface area contributed by atoms with Gasteiger partial charge >= 0.3 is 0 Å². The quantitative estimate of drug-likeness (QED) is 0.925. The first-order chi connectivity index (χ1) is 9.52. The highest BCUT2D eigenvalue weighted by Gasteiger charge is 2.12. The van der Waals surface area contributed by atoms with Crippen molar-refractivity contribution in [2.45, 2.75) is 20.4 Å². The van der Waals surface area contributed by atoms with Crippen LogP contribution in [-0.4, -0.2) is 12.0 Å². The van der Waals surface area contributed by atoms with Gasteiger partial charge in [0.05, 0.1) is 0 Å². The van der Waals surface area contributed by atoms with E-state index in [0.29, 0.717) is 22.9 Å². The molecule has 0 amide bonds. The molecule has 0 saturated carbocycles. The summed E-state index contributed by atoms with van der Waals surface area (Å²) in [6.45, 7) is 4.18. The lowest BCUT2D eigenvalue weighted by Gasteiger charge is -2.11. The van der Waals surface area contributed by atoms with Gasteiger partial charge in [0.25, 0.3) is 5.88 Å². The van der Waals surface area contributed by atoms with Gasteiger partial charge in [-0.2, -0.15) is 0 Å². The first-order valence-electron chi connectivity index (χ1n) is 6.25. The average Bonchev–Trinajstić information content (AvgIpc) is 2.41. The van der Waals surface area contributed by atoms with Crippen molar-refractivity contribution in [1.82, 2.24) is 10.3 Å². The Morgan fingerprint density at radius 2 is 1.95 bits per heavy atom. The molecule has 0 unspecified atom stereocenters. The number of rotatable bonds is 4. The molecule has 0 spiro atoms. The molecule has 1 heterocycles. The Balaban J connectivity index is 2.33. The average molecular weight is 295 g/mol. The molecule has 5 heteroatoms. The number of ether oxygens (including phenoxy) is 1. The van der Waals surface area contributed by atoms with Crippen molar-refractivity contribution in [2.24, 2.45) is 0 Å². The van der Waals surface area contributed by atoms with E-state index in [0.717, 1.165) is 11.1 Å². The summed E-state index contributed by atoms with van der Waals surface area (Å²) >= 11 is 6.10. The molecule has 1 aromatic carbocycles. The highest BCUT2D eigenvalue weighted by molar-refractivity contribution is 6.32. The van der Waals surface area contributed by atoms with Crippen LogP contribution in [0.5, 0.6) is 11.6 Å². The predicted molar refractivity (Wildman–Crippen MR) is 78.0 cm³/mol. The molecule has 0 saturated heterocycles. The number of aryl methyl sites for hydroxylation is 2. The van der Waals surface area contributed by atoms with E-state index in [4.69, 9.17) is 16.3 Å². The fourth-order valence-electron chi connectivity index (χ4n) is 1.94. The number of hydrogen-bond acceptors (Lipinski definition) is 3. The van der Waals surface area contributed by atoms with Crippen LogP contribution in [0.3, 0.4) is 0 Å². The van der Waals surface area contributed by atoms with Crippen molar-refractivity contribution in [1.29, 1.82) is 0 Å². The molecule has 2 rings (SSSR count). The predicted octanol–water partition coefficient (Wildman–Crippen LogP) is 4.00. The summed E-state index contributed by atoms with van der Waals surface area (Å²) in [5.41, 5.74) is 2.28. The molecular formula is C15H16ClFN2O. The van der Waals surface area contributed by atoms with Crippen LogP contribution in [-0.2, 0) is 6.54 Å². The van der Waals surface area contributed by atoms with E-state index >= 15 is 0 Å². The van der Waals surface area contributed by atoms with E-state index in [2.05, 4.69) is 10.3 Å². The maximum absolute atomic E-state index is 14.2. The van der Waals surface area contributed by atoms with Crippen LogP contribution in [0.4, 0.5) is 4.39 Å². The van der Waals surface area contributed by atoms with Gasteiger partial charge in [0.15, 0.2) is 5.82 Å². The summed E-state index contributed by atoms with van der Waals surface area (Å²) in [5, 5.41) is 3.59. The van der Waals surface area contributed by atoms with E-state index < -0.39 is 5.82 Å². The number of halogens is 2. The van der Waals surface area contributed by atoms with Gasteiger partial charge in [0, 0.05) is 23.3 Å². The van der Waals surface area contributed by atoms with Gasteiger partial charge in [0.2, 0.25) is 0 Å². The molecule has 106 valence electrons. The SMILES string of the molecule is CNCc1ccnc(Oc2cc(C)c(Cl)c(C)c2)c1F. The zero-order valence-corrected chi connectivity index (χ0v) is 12.4.